The summed E-state index contributed by atoms with van der Waals surface area (Å²) in [4.78, 5) is 0. The number of ether oxygens (including phenoxy) is 1. The highest BCUT2D eigenvalue weighted by Crippen LogP contribution is 2.43. The van der Waals surface area contributed by atoms with E-state index in [9.17, 15) is 0 Å². The van der Waals surface area contributed by atoms with Crippen LogP contribution in [0.4, 0.5) is 0 Å². The lowest BCUT2D eigenvalue weighted by Crippen LogP contribution is -2.30. The summed E-state index contributed by atoms with van der Waals surface area (Å²) in [6, 6.07) is 10.7. The van der Waals surface area contributed by atoms with Crippen molar-refractivity contribution in [3.8, 4) is 5.69 Å². The van der Waals surface area contributed by atoms with Crippen LogP contribution in [0.2, 0.25) is 5.02 Å². The number of aromatic nitrogens is 1. The number of rotatable bonds is 3. The summed E-state index contributed by atoms with van der Waals surface area (Å²) >= 11 is 6.39. The molecule has 3 atom stereocenters. The number of nitrogens with zero attached hydrogens (tertiary/aromatic N) is 1. The number of methoxy groups -OCH3 is 1. The van der Waals surface area contributed by atoms with E-state index < -0.39 is 0 Å². The summed E-state index contributed by atoms with van der Waals surface area (Å²) in [5.41, 5.74) is 5.33. The largest absolute Gasteiger partial charge is 0.376 e. The molecule has 3 heteroatoms. The van der Waals surface area contributed by atoms with Crippen LogP contribution < -0.4 is 0 Å². The highest BCUT2D eigenvalue weighted by molar-refractivity contribution is 6.30. The van der Waals surface area contributed by atoms with Crippen LogP contribution in [0.5, 0.6) is 0 Å². The molecular formula is C22H24ClNO. The molecule has 2 nitrogen and oxygen atoms in total. The van der Waals surface area contributed by atoms with Crippen molar-refractivity contribution in [2.75, 3.05) is 7.11 Å². The Labute approximate surface area is 154 Å². The van der Waals surface area contributed by atoms with Gasteiger partial charge in [0.05, 0.1) is 6.10 Å². The highest BCUT2D eigenvalue weighted by atomic mass is 35.5. The van der Waals surface area contributed by atoms with Gasteiger partial charge in [-0.3, -0.25) is 0 Å². The summed E-state index contributed by atoms with van der Waals surface area (Å²) < 4.78 is 8.26. The van der Waals surface area contributed by atoms with Crippen molar-refractivity contribution >= 4 is 11.6 Å². The van der Waals surface area contributed by atoms with Crippen molar-refractivity contribution < 1.29 is 4.74 Å². The van der Waals surface area contributed by atoms with Crippen molar-refractivity contribution in [2.45, 2.75) is 38.2 Å². The summed E-state index contributed by atoms with van der Waals surface area (Å²) in [5.74, 6) is 0.733. The Bertz CT molecular complexity index is 832. The molecule has 0 N–H and O–H groups in total. The Balaban J connectivity index is 1.81. The Morgan fingerprint density at radius 1 is 1.28 bits per heavy atom. The lowest BCUT2D eigenvalue weighted by Gasteiger charge is -2.34. The highest BCUT2D eigenvalue weighted by Gasteiger charge is 2.34. The van der Waals surface area contributed by atoms with Gasteiger partial charge in [0.1, 0.15) is 0 Å². The molecule has 1 aromatic heterocycles. The van der Waals surface area contributed by atoms with E-state index in [4.69, 9.17) is 16.3 Å². The molecule has 0 bridgehead atoms. The van der Waals surface area contributed by atoms with Crippen molar-refractivity contribution in [1.82, 2.24) is 4.57 Å². The minimum atomic E-state index is 0.143. The molecule has 2 aliphatic rings. The Morgan fingerprint density at radius 3 is 2.96 bits per heavy atom. The average molecular weight is 354 g/mol. The van der Waals surface area contributed by atoms with Gasteiger partial charge in [-0.15, -0.1) is 0 Å². The Hall–Kier alpha value is -1.77. The molecule has 0 fully saturated rings. The molecule has 1 aliphatic heterocycles. The summed E-state index contributed by atoms with van der Waals surface area (Å²) in [5, 5.41) is 0.805. The molecular weight excluding hydrogens is 330 g/mol. The number of benzene rings is 1. The standard InChI is InChI=1S/C22H24ClNO/c1-3-15-6-4-8-19(22(15)25-2)18-11-10-17-7-5-13-24(17)21-12-9-16(23)14-20(18)21/h4-9,12-14,18-19,22H,3,10-11H2,1-2H3. The molecule has 2 heterocycles. The molecule has 4 rings (SSSR count). The van der Waals surface area contributed by atoms with Gasteiger partial charge in [0.25, 0.3) is 0 Å². The second-order valence-electron chi connectivity index (χ2n) is 6.93. The van der Waals surface area contributed by atoms with E-state index >= 15 is 0 Å². The second-order valence-corrected chi connectivity index (χ2v) is 7.37. The molecule has 2 aromatic rings. The lowest BCUT2D eigenvalue weighted by atomic mass is 9.75. The molecule has 130 valence electrons. The third kappa shape index (κ3) is 2.88. The van der Waals surface area contributed by atoms with E-state index in [1.807, 2.05) is 13.2 Å². The summed E-state index contributed by atoms with van der Waals surface area (Å²) in [6.45, 7) is 2.21. The van der Waals surface area contributed by atoms with Gasteiger partial charge < -0.3 is 9.30 Å². The first-order valence-corrected chi connectivity index (χ1v) is 9.46. The lowest BCUT2D eigenvalue weighted by molar-refractivity contribution is 0.0821. The van der Waals surface area contributed by atoms with Gasteiger partial charge in [-0.25, -0.2) is 0 Å². The molecule has 1 aromatic carbocycles. The third-order valence-corrected chi connectivity index (χ3v) is 5.91. The van der Waals surface area contributed by atoms with Crippen LogP contribution in [0.25, 0.3) is 5.69 Å². The van der Waals surface area contributed by atoms with E-state index in [0.717, 1.165) is 24.3 Å². The molecule has 0 spiro atoms. The van der Waals surface area contributed by atoms with Crippen molar-refractivity contribution in [2.24, 2.45) is 5.92 Å². The SMILES string of the molecule is CCC1=CC=CC(C2CCc3cccn3-c3ccc(Cl)cc32)C1OC. The van der Waals surface area contributed by atoms with Crippen LogP contribution in [-0.2, 0) is 11.2 Å². The number of allylic oxidation sites excluding steroid dienone is 2. The number of fused-ring (bicyclic) bond motifs is 3. The third-order valence-electron chi connectivity index (χ3n) is 5.68. The van der Waals surface area contributed by atoms with Crippen molar-refractivity contribution in [1.29, 1.82) is 0 Å². The maximum Gasteiger partial charge on any atom is 0.0852 e. The first-order chi connectivity index (χ1) is 12.2. The van der Waals surface area contributed by atoms with Gasteiger partial charge in [0.15, 0.2) is 0 Å². The fourth-order valence-corrected chi connectivity index (χ4v) is 4.66. The van der Waals surface area contributed by atoms with Gasteiger partial charge >= 0.3 is 0 Å². The monoisotopic (exact) mass is 353 g/mol. The zero-order valence-electron chi connectivity index (χ0n) is 14.8. The fraction of sp³-hybridized carbons (Fsp3) is 0.364. The molecule has 0 saturated heterocycles. The van der Waals surface area contributed by atoms with Crippen molar-refractivity contribution in [3.63, 3.8) is 0 Å². The Kier molecular flexibility index (Phi) is 4.58. The van der Waals surface area contributed by atoms with E-state index in [-0.39, 0.29) is 6.10 Å². The number of halogens is 1. The molecule has 3 unspecified atom stereocenters. The predicted octanol–water partition coefficient (Wildman–Crippen LogP) is 5.70. The van der Waals surface area contributed by atoms with Gasteiger partial charge in [-0.05, 0) is 66.6 Å². The second kappa shape index (κ2) is 6.86. The summed E-state index contributed by atoms with van der Waals surface area (Å²) in [7, 11) is 1.83. The smallest absolute Gasteiger partial charge is 0.0852 e. The first-order valence-electron chi connectivity index (χ1n) is 9.09. The maximum absolute atomic E-state index is 6.39. The number of hydrogen-bond acceptors (Lipinski definition) is 1. The first kappa shape index (κ1) is 16.7. The number of hydrogen-bond donors (Lipinski definition) is 0. The topological polar surface area (TPSA) is 14.2 Å². The van der Waals surface area contributed by atoms with Crippen molar-refractivity contribution in [3.05, 3.63) is 76.6 Å². The zero-order chi connectivity index (χ0) is 17.4. The van der Waals surface area contributed by atoms with Crippen LogP contribution in [-0.4, -0.2) is 17.8 Å². The summed E-state index contributed by atoms with van der Waals surface area (Å²) in [6.07, 6.45) is 12.2. The van der Waals surface area contributed by atoms with Crippen LogP contribution in [0, 0.1) is 5.92 Å². The van der Waals surface area contributed by atoms with E-state index in [1.54, 1.807) is 0 Å². The van der Waals surface area contributed by atoms with Gasteiger partial charge in [0.2, 0.25) is 0 Å². The van der Waals surface area contributed by atoms with E-state index in [2.05, 4.69) is 60.2 Å². The minimum Gasteiger partial charge on any atom is -0.376 e. The van der Waals surface area contributed by atoms with E-state index in [1.165, 1.54) is 22.5 Å². The van der Waals surface area contributed by atoms with Gasteiger partial charge in [-0.2, -0.15) is 0 Å². The van der Waals surface area contributed by atoms with Crippen LogP contribution in [0.3, 0.4) is 0 Å². The van der Waals surface area contributed by atoms with Crippen LogP contribution in [0.15, 0.2) is 60.3 Å². The van der Waals surface area contributed by atoms with Gasteiger partial charge in [-0.1, -0.05) is 36.8 Å². The normalized spacial score (nSPS) is 25.1. The molecule has 0 saturated carbocycles. The molecule has 1 aliphatic carbocycles. The predicted molar refractivity (Wildman–Crippen MR) is 104 cm³/mol. The van der Waals surface area contributed by atoms with E-state index in [0.29, 0.717) is 11.8 Å². The Morgan fingerprint density at radius 2 is 2.16 bits per heavy atom. The quantitative estimate of drug-likeness (QED) is 0.690. The molecule has 0 radical (unpaired) electrons. The molecule has 25 heavy (non-hydrogen) atoms. The average Bonchev–Trinajstić information content (AvgIpc) is 3.04. The minimum absolute atomic E-state index is 0.143. The fourth-order valence-electron chi connectivity index (χ4n) is 4.48. The number of aryl methyl sites for hydroxylation is 1. The van der Waals surface area contributed by atoms with Crippen LogP contribution >= 0.6 is 11.6 Å². The zero-order valence-corrected chi connectivity index (χ0v) is 15.5. The van der Waals surface area contributed by atoms with Crippen LogP contribution in [0.1, 0.15) is 36.9 Å². The maximum atomic E-state index is 6.39. The van der Waals surface area contributed by atoms with Gasteiger partial charge in [0, 0.05) is 35.6 Å². The molecule has 0 amide bonds.